The number of piperidine rings is 1. The molecule has 2 aromatic heterocycles. The van der Waals surface area contributed by atoms with Crippen molar-refractivity contribution in [3.8, 4) is 0 Å². The molecule has 4 rings (SSSR count). The highest BCUT2D eigenvalue weighted by atomic mass is 16.6. The van der Waals surface area contributed by atoms with E-state index in [0.29, 0.717) is 18.8 Å². The summed E-state index contributed by atoms with van der Waals surface area (Å²) < 4.78 is 1.97. The fourth-order valence-corrected chi connectivity index (χ4v) is 3.56. The molecule has 0 aliphatic carbocycles. The van der Waals surface area contributed by atoms with Crippen LogP contribution in [0.3, 0.4) is 0 Å². The van der Waals surface area contributed by atoms with Gasteiger partial charge in [0, 0.05) is 31.3 Å². The quantitative estimate of drug-likeness (QED) is 0.513. The summed E-state index contributed by atoms with van der Waals surface area (Å²) in [6.45, 7) is 1.20. The van der Waals surface area contributed by atoms with Gasteiger partial charge in [0.1, 0.15) is 11.5 Å². The Morgan fingerprint density at radius 2 is 1.78 bits per heavy atom. The van der Waals surface area contributed by atoms with Gasteiger partial charge in [-0.2, -0.15) is 0 Å². The zero-order chi connectivity index (χ0) is 19.0. The molecule has 1 fully saturated rings. The highest BCUT2D eigenvalue weighted by Gasteiger charge is 2.29. The molecule has 1 aromatic carbocycles. The smallest absolute Gasteiger partial charge is 0.299 e. The molecule has 0 bridgehead atoms. The number of nitrogens with zero attached hydrogens (tertiary/aromatic N) is 6. The Bertz CT molecular complexity index is 1030. The fourth-order valence-electron chi connectivity index (χ4n) is 3.56. The van der Waals surface area contributed by atoms with Crippen LogP contribution in [0.5, 0.6) is 0 Å². The molecule has 0 atom stereocenters. The Morgan fingerprint density at radius 3 is 2.48 bits per heavy atom. The zero-order valence-corrected chi connectivity index (χ0v) is 14.3. The van der Waals surface area contributed by atoms with E-state index >= 15 is 0 Å². The van der Waals surface area contributed by atoms with Crippen LogP contribution in [0.1, 0.15) is 24.6 Å². The summed E-state index contributed by atoms with van der Waals surface area (Å²) in [5, 5.41) is 30.8. The van der Waals surface area contributed by atoms with Crippen molar-refractivity contribution in [3.05, 3.63) is 68.6 Å². The van der Waals surface area contributed by atoms with Crippen LogP contribution in [-0.4, -0.2) is 37.5 Å². The number of fused-ring (bicyclic) bond motifs is 1. The van der Waals surface area contributed by atoms with Crippen LogP contribution >= 0.6 is 0 Å². The Labute approximate surface area is 153 Å². The lowest BCUT2D eigenvalue weighted by Crippen LogP contribution is -2.33. The first-order valence-electron chi connectivity index (χ1n) is 8.52. The molecule has 1 aliphatic heterocycles. The average Bonchev–Trinajstić information content (AvgIpc) is 3.11. The van der Waals surface area contributed by atoms with Gasteiger partial charge in [0.25, 0.3) is 11.4 Å². The molecule has 0 amide bonds. The molecule has 1 aliphatic rings. The second-order valence-corrected chi connectivity index (χ2v) is 6.44. The highest BCUT2D eigenvalue weighted by Crippen LogP contribution is 2.36. The molecule has 0 spiro atoms. The van der Waals surface area contributed by atoms with Gasteiger partial charge in [0.15, 0.2) is 5.65 Å². The molecule has 0 N–H and O–H groups in total. The van der Waals surface area contributed by atoms with Gasteiger partial charge in [0.2, 0.25) is 0 Å². The van der Waals surface area contributed by atoms with Gasteiger partial charge >= 0.3 is 0 Å². The SMILES string of the molecule is O=[N+]([O-])c1ccc(N2CCC(c3nnc4ccccn34)CC2)c([N+](=O)[O-])c1. The second-order valence-electron chi connectivity index (χ2n) is 6.44. The lowest BCUT2D eigenvalue weighted by Gasteiger charge is -2.32. The van der Waals surface area contributed by atoms with Gasteiger partial charge in [-0.1, -0.05) is 6.07 Å². The summed E-state index contributed by atoms with van der Waals surface area (Å²) in [5.41, 5.74) is 0.682. The van der Waals surface area contributed by atoms with E-state index in [1.807, 2.05) is 33.7 Å². The summed E-state index contributed by atoms with van der Waals surface area (Å²) in [6, 6.07) is 9.52. The number of anilines is 1. The number of benzene rings is 1. The molecule has 3 heterocycles. The fraction of sp³-hybridized carbons (Fsp3) is 0.294. The molecule has 138 valence electrons. The summed E-state index contributed by atoms with van der Waals surface area (Å²) >= 11 is 0. The molecular weight excluding hydrogens is 352 g/mol. The number of nitro groups is 2. The molecule has 1 saturated heterocycles. The minimum absolute atomic E-state index is 0.204. The van der Waals surface area contributed by atoms with Gasteiger partial charge in [-0.05, 0) is 31.0 Å². The van der Waals surface area contributed by atoms with Crippen molar-refractivity contribution in [2.24, 2.45) is 0 Å². The van der Waals surface area contributed by atoms with Crippen molar-refractivity contribution in [2.75, 3.05) is 18.0 Å². The van der Waals surface area contributed by atoms with Crippen molar-refractivity contribution in [1.82, 2.24) is 14.6 Å². The monoisotopic (exact) mass is 368 g/mol. The molecule has 0 unspecified atom stereocenters. The largest absolute Gasteiger partial charge is 0.366 e. The van der Waals surface area contributed by atoms with Crippen LogP contribution in [0, 0.1) is 20.2 Å². The van der Waals surface area contributed by atoms with Gasteiger partial charge in [-0.15, -0.1) is 10.2 Å². The lowest BCUT2D eigenvalue weighted by atomic mass is 9.95. The third-order valence-corrected chi connectivity index (χ3v) is 4.91. The maximum atomic E-state index is 11.4. The van der Waals surface area contributed by atoms with Crippen molar-refractivity contribution in [3.63, 3.8) is 0 Å². The molecule has 0 radical (unpaired) electrons. The zero-order valence-electron chi connectivity index (χ0n) is 14.3. The number of nitro benzene ring substituents is 2. The van der Waals surface area contributed by atoms with Crippen LogP contribution in [0.2, 0.25) is 0 Å². The van der Waals surface area contributed by atoms with E-state index in [2.05, 4.69) is 10.2 Å². The number of aromatic nitrogens is 3. The topological polar surface area (TPSA) is 120 Å². The van der Waals surface area contributed by atoms with Crippen LogP contribution in [-0.2, 0) is 0 Å². The number of pyridine rings is 1. The first kappa shape index (κ1) is 16.9. The predicted molar refractivity (Wildman–Crippen MR) is 96.9 cm³/mol. The highest BCUT2D eigenvalue weighted by molar-refractivity contribution is 5.67. The Morgan fingerprint density at radius 1 is 1.00 bits per heavy atom. The van der Waals surface area contributed by atoms with E-state index in [9.17, 15) is 20.2 Å². The van der Waals surface area contributed by atoms with Crippen molar-refractivity contribution < 1.29 is 9.85 Å². The predicted octanol–water partition coefficient (Wildman–Crippen LogP) is 2.93. The molecule has 27 heavy (non-hydrogen) atoms. The number of hydrogen-bond donors (Lipinski definition) is 0. The van der Waals surface area contributed by atoms with Crippen molar-refractivity contribution in [2.45, 2.75) is 18.8 Å². The first-order valence-corrected chi connectivity index (χ1v) is 8.52. The third kappa shape index (κ3) is 3.05. The van der Waals surface area contributed by atoms with Gasteiger partial charge in [0.05, 0.1) is 15.9 Å². The van der Waals surface area contributed by atoms with E-state index in [0.717, 1.165) is 30.4 Å². The lowest BCUT2D eigenvalue weighted by molar-refractivity contribution is -0.393. The minimum atomic E-state index is -0.626. The van der Waals surface area contributed by atoms with Gasteiger partial charge < -0.3 is 4.90 Å². The summed E-state index contributed by atoms with van der Waals surface area (Å²) in [4.78, 5) is 23.0. The normalized spacial score (nSPS) is 15.2. The average molecular weight is 368 g/mol. The van der Waals surface area contributed by atoms with Crippen molar-refractivity contribution in [1.29, 1.82) is 0 Å². The van der Waals surface area contributed by atoms with Crippen molar-refractivity contribution >= 4 is 22.7 Å². The maximum Gasteiger partial charge on any atom is 0.299 e. The van der Waals surface area contributed by atoms with Gasteiger partial charge in [-0.25, -0.2) is 0 Å². The number of rotatable bonds is 4. The molecular formula is C17H16N6O4. The molecule has 0 saturated carbocycles. The Balaban J connectivity index is 1.56. The molecule has 10 nitrogen and oxygen atoms in total. The summed E-state index contributed by atoms with van der Waals surface area (Å²) in [7, 11) is 0. The summed E-state index contributed by atoms with van der Waals surface area (Å²) in [5.74, 6) is 1.10. The van der Waals surface area contributed by atoms with E-state index in [-0.39, 0.29) is 17.3 Å². The van der Waals surface area contributed by atoms with Crippen LogP contribution < -0.4 is 4.90 Å². The van der Waals surface area contributed by atoms with Crippen LogP contribution in [0.25, 0.3) is 5.65 Å². The Hall–Kier alpha value is -3.56. The van der Waals surface area contributed by atoms with E-state index in [1.54, 1.807) is 0 Å². The number of hydrogen-bond acceptors (Lipinski definition) is 7. The maximum absolute atomic E-state index is 11.4. The van der Waals surface area contributed by atoms with E-state index in [4.69, 9.17) is 0 Å². The van der Waals surface area contributed by atoms with E-state index in [1.165, 1.54) is 12.1 Å². The standard InChI is InChI=1S/C17H16N6O4/c24-22(25)13-4-5-14(15(11-13)23(26)27)20-9-6-12(7-10-20)17-19-18-16-3-1-2-8-21(16)17/h1-5,8,11-12H,6-7,9-10H2. The van der Waals surface area contributed by atoms with Gasteiger partial charge in [-0.3, -0.25) is 24.6 Å². The van der Waals surface area contributed by atoms with Crippen LogP contribution in [0.4, 0.5) is 17.1 Å². The summed E-state index contributed by atoms with van der Waals surface area (Å²) in [6.07, 6.45) is 3.46. The molecule has 3 aromatic rings. The van der Waals surface area contributed by atoms with Crippen LogP contribution in [0.15, 0.2) is 42.6 Å². The molecule has 10 heteroatoms. The third-order valence-electron chi connectivity index (χ3n) is 4.91. The first-order chi connectivity index (χ1) is 13.0. The number of non-ortho nitro benzene ring substituents is 1. The minimum Gasteiger partial charge on any atom is -0.366 e. The Kier molecular flexibility index (Phi) is 4.15. The van der Waals surface area contributed by atoms with E-state index < -0.39 is 9.85 Å². The second kappa shape index (κ2) is 6.63.